The van der Waals surface area contributed by atoms with Gasteiger partial charge in [0.1, 0.15) is 0 Å². The Bertz CT molecular complexity index is 206. The van der Waals surface area contributed by atoms with Gasteiger partial charge in [0, 0.05) is 0 Å². The quantitative estimate of drug-likeness (QED) is 0.544. The highest BCUT2D eigenvalue weighted by Crippen LogP contribution is 2.18. The van der Waals surface area contributed by atoms with Crippen molar-refractivity contribution in [2.24, 2.45) is 5.92 Å². The Labute approximate surface area is 83.0 Å². The van der Waals surface area contributed by atoms with E-state index in [0.717, 1.165) is 6.42 Å². The Morgan fingerprint density at radius 3 is 2.46 bits per heavy atom. The molecule has 0 spiro atoms. The summed E-state index contributed by atoms with van der Waals surface area (Å²) in [4.78, 5) is 0. The van der Waals surface area contributed by atoms with E-state index in [9.17, 15) is 0 Å². The minimum Gasteiger partial charge on any atom is -0.103 e. The lowest BCUT2D eigenvalue weighted by Crippen LogP contribution is -1.96. The Balaban J connectivity index is 4.04. The van der Waals surface area contributed by atoms with Crippen molar-refractivity contribution in [3.63, 3.8) is 0 Å². The van der Waals surface area contributed by atoms with Crippen LogP contribution in [-0.4, -0.2) is 0 Å². The lowest BCUT2D eigenvalue weighted by Gasteiger charge is -2.11. The highest BCUT2D eigenvalue weighted by molar-refractivity contribution is 5.08. The van der Waals surface area contributed by atoms with E-state index in [4.69, 9.17) is 0 Å². The van der Waals surface area contributed by atoms with Crippen LogP contribution in [0.15, 0.2) is 36.0 Å². The van der Waals surface area contributed by atoms with E-state index in [1.807, 2.05) is 6.08 Å². The van der Waals surface area contributed by atoms with Crippen molar-refractivity contribution >= 4 is 0 Å². The molecular formula is C13H22. The van der Waals surface area contributed by atoms with Gasteiger partial charge in [0.25, 0.3) is 0 Å². The molecule has 0 rings (SSSR count). The van der Waals surface area contributed by atoms with Crippen LogP contribution in [0, 0.1) is 5.92 Å². The summed E-state index contributed by atoms with van der Waals surface area (Å²) in [7, 11) is 0. The minimum absolute atomic E-state index is 0.672. The van der Waals surface area contributed by atoms with Crippen LogP contribution in [0.4, 0.5) is 0 Å². The third-order valence-corrected chi connectivity index (χ3v) is 2.49. The van der Waals surface area contributed by atoms with Gasteiger partial charge in [-0.25, -0.2) is 0 Å². The summed E-state index contributed by atoms with van der Waals surface area (Å²) in [5.74, 6) is 0.672. The molecule has 0 heterocycles. The molecule has 13 heavy (non-hydrogen) atoms. The molecule has 0 N–H and O–H groups in total. The topological polar surface area (TPSA) is 0 Å². The zero-order valence-corrected chi connectivity index (χ0v) is 9.43. The normalized spacial score (nSPS) is 15.7. The second kappa shape index (κ2) is 6.71. The molecule has 0 amide bonds. The predicted molar refractivity (Wildman–Crippen MR) is 61.8 cm³/mol. The molecule has 0 aliphatic rings. The molecule has 0 saturated heterocycles. The molecule has 1 unspecified atom stereocenters. The Morgan fingerprint density at radius 2 is 2.00 bits per heavy atom. The third-order valence-electron chi connectivity index (χ3n) is 2.49. The first-order valence-corrected chi connectivity index (χ1v) is 5.01. The van der Waals surface area contributed by atoms with Crippen molar-refractivity contribution in [3.05, 3.63) is 36.0 Å². The van der Waals surface area contributed by atoms with Crippen LogP contribution < -0.4 is 0 Å². The molecule has 0 bridgehead atoms. The Hall–Kier alpha value is -0.780. The summed E-state index contributed by atoms with van der Waals surface area (Å²) in [6.07, 6.45) is 8.56. The van der Waals surface area contributed by atoms with Gasteiger partial charge >= 0.3 is 0 Å². The van der Waals surface area contributed by atoms with Gasteiger partial charge in [0.05, 0.1) is 0 Å². The van der Waals surface area contributed by atoms with Crippen molar-refractivity contribution in [3.8, 4) is 0 Å². The summed E-state index contributed by atoms with van der Waals surface area (Å²) >= 11 is 0. The second-order valence-electron chi connectivity index (χ2n) is 3.71. The molecule has 0 fully saturated rings. The van der Waals surface area contributed by atoms with Gasteiger partial charge in [-0.1, -0.05) is 36.3 Å². The van der Waals surface area contributed by atoms with Gasteiger partial charge in [-0.3, -0.25) is 0 Å². The fourth-order valence-electron chi connectivity index (χ4n) is 1.30. The maximum Gasteiger partial charge on any atom is -0.0169 e. The largest absolute Gasteiger partial charge is 0.103 e. The Kier molecular flexibility index (Phi) is 6.30. The maximum absolute atomic E-state index is 3.71. The molecule has 0 saturated carbocycles. The van der Waals surface area contributed by atoms with E-state index < -0.39 is 0 Å². The summed E-state index contributed by atoms with van der Waals surface area (Å²) in [6, 6.07) is 0. The molecule has 0 aromatic carbocycles. The Morgan fingerprint density at radius 1 is 1.38 bits per heavy atom. The van der Waals surface area contributed by atoms with Crippen LogP contribution in [-0.2, 0) is 0 Å². The zero-order chi connectivity index (χ0) is 10.3. The van der Waals surface area contributed by atoms with Gasteiger partial charge in [-0.2, -0.15) is 0 Å². The summed E-state index contributed by atoms with van der Waals surface area (Å²) in [6.45, 7) is 12.5. The highest BCUT2D eigenvalue weighted by atomic mass is 14.1. The second-order valence-corrected chi connectivity index (χ2v) is 3.71. The number of hydrogen-bond acceptors (Lipinski definition) is 0. The smallest absolute Gasteiger partial charge is 0.0169 e. The van der Waals surface area contributed by atoms with Gasteiger partial charge in [0.2, 0.25) is 0 Å². The lowest BCUT2D eigenvalue weighted by molar-refractivity contribution is 0.669. The van der Waals surface area contributed by atoms with Crippen LogP contribution in [0.2, 0.25) is 0 Å². The van der Waals surface area contributed by atoms with Crippen LogP contribution in [0.1, 0.15) is 40.5 Å². The average Bonchev–Trinajstić information content (AvgIpc) is 2.13. The van der Waals surface area contributed by atoms with E-state index >= 15 is 0 Å². The predicted octanol–water partition coefficient (Wildman–Crippen LogP) is 4.50. The van der Waals surface area contributed by atoms with E-state index in [1.54, 1.807) is 0 Å². The fraction of sp³-hybridized carbons (Fsp3) is 0.538. The zero-order valence-electron chi connectivity index (χ0n) is 9.43. The minimum atomic E-state index is 0.672. The van der Waals surface area contributed by atoms with Crippen molar-refractivity contribution in [1.29, 1.82) is 0 Å². The van der Waals surface area contributed by atoms with Crippen LogP contribution in [0.5, 0.6) is 0 Å². The number of allylic oxidation sites excluding steroid dienone is 5. The third kappa shape index (κ3) is 5.46. The van der Waals surface area contributed by atoms with E-state index in [-0.39, 0.29) is 0 Å². The SMILES string of the molecule is C=CC/C=C(\C)CC(C)/C(C)=C/C. The van der Waals surface area contributed by atoms with Gasteiger partial charge < -0.3 is 0 Å². The molecule has 0 heteroatoms. The lowest BCUT2D eigenvalue weighted by atomic mass is 9.94. The van der Waals surface area contributed by atoms with Gasteiger partial charge in [-0.15, -0.1) is 6.58 Å². The first kappa shape index (κ1) is 12.2. The molecule has 0 aromatic rings. The number of rotatable bonds is 5. The fourth-order valence-corrected chi connectivity index (χ4v) is 1.30. The van der Waals surface area contributed by atoms with Crippen molar-refractivity contribution in [2.75, 3.05) is 0 Å². The molecular weight excluding hydrogens is 156 g/mol. The number of hydrogen-bond donors (Lipinski definition) is 0. The first-order valence-electron chi connectivity index (χ1n) is 5.01. The van der Waals surface area contributed by atoms with Crippen LogP contribution in [0.25, 0.3) is 0 Å². The summed E-state index contributed by atoms with van der Waals surface area (Å²) in [5, 5.41) is 0. The molecule has 74 valence electrons. The average molecular weight is 178 g/mol. The van der Waals surface area contributed by atoms with Gasteiger partial charge in [0.15, 0.2) is 0 Å². The van der Waals surface area contributed by atoms with E-state index in [1.165, 1.54) is 17.6 Å². The molecule has 0 nitrogen and oxygen atoms in total. The standard InChI is InChI=1S/C13H22/c1-6-8-9-11(3)10-13(5)12(4)7-2/h6-7,9,13H,1,8,10H2,2-5H3/b11-9+,12-7+. The van der Waals surface area contributed by atoms with Crippen LogP contribution in [0.3, 0.4) is 0 Å². The molecule has 0 aliphatic carbocycles. The van der Waals surface area contributed by atoms with E-state index in [0.29, 0.717) is 5.92 Å². The monoisotopic (exact) mass is 178 g/mol. The summed E-state index contributed by atoms with van der Waals surface area (Å²) in [5.41, 5.74) is 2.94. The van der Waals surface area contributed by atoms with Crippen molar-refractivity contribution < 1.29 is 0 Å². The molecule has 0 aliphatic heterocycles. The first-order chi connectivity index (χ1) is 6.11. The maximum atomic E-state index is 3.71. The van der Waals surface area contributed by atoms with Crippen molar-refractivity contribution in [2.45, 2.75) is 40.5 Å². The molecule has 0 aromatic heterocycles. The van der Waals surface area contributed by atoms with Crippen LogP contribution >= 0.6 is 0 Å². The van der Waals surface area contributed by atoms with Gasteiger partial charge in [-0.05, 0) is 39.5 Å². The highest BCUT2D eigenvalue weighted by Gasteiger charge is 2.03. The molecule has 0 radical (unpaired) electrons. The van der Waals surface area contributed by atoms with E-state index in [2.05, 4.69) is 46.4 Å². The summed E-state index contributed by atoms with van der Waals surface area (Å²) < 4.78 is 0. The van der Waals surface area contributed by atoms with Crippen molar-refractivity contribution in [1.82, 2.24) is 0 Å². The molecule has 1 atom stereocenters.